The average molecular weight is 186 g/mol. The van der Waals surface area contributed by atoms with Crippen LogP contribution in [-0.4, -0.2) is 18.1 Å². The van der Waals surface area contributed by atoms with Gasteiger partial charge in [-0.25, -0.2) is 4.98 Å². The van der Waals surface area contributed by atoms with E-state index < -0.39 is 0 Å². The molecule has 1 heterocycles. The number of pyridine rings is 1. The summed E-state index contributed by atoms with van der Waals surface area (Å²) >= 11 is 5.82. The maximum absolute atomic E-state index is 5.82. The predicted molar refractivity (Wildman–Crippen MR) is 50.0 cm³/mol. The Hall–Kier alpha value is -0.640. The highest BCUT2D eigenvalue weighted by atomic mass is 35.5. The van der Waals surface area contributed by atoms with Gasteiger partial charge >= 0.3 is 0 Å². The van der Waals surface area contributed by atoms with Gasteiger partial charge in [-0.1, -0.05) is 17.7 Å². The molecule has 0 amide bonds. The Morgan fingerprint density at radius 1 is 1.58 bits per heavy atom. The van der Waals surface area contributed by atoms with E-state index in [-0.39, 0.29) is 0 Å². The molecule has 0 aliphatic carbocycles. The summed E-state index contributed by atoms with van der Waals surface area (Å²) in [6.45, 7) is 2.16. The van der Waals surface area contributed by atoms with Crippen molar-refractivity contribution in [1.29, 1.82) is 0 Å². The van der Waals surface area contributed by atoms with Crippen molar-refractivity contribution in [3.63, 3.8) is 0 Å². The van der Waals surface area contributed by atoms with E-state index >= 15 is 0 Å². The lowest BCUT2D eigenvalue weighted by molar-refractivity contribution is 0.693. The zero-order chi connectivity index (χ0) is 8.81. The molecular weight excluding hydrogens is 174 g/mol. The van der Waals surface area contributed by atoms with Gasteiger partial charge in [0.05, 0.1) is 0 Å². The van der Waals surface area contributed by atoms with Gasteiger partial charge in [-0.15, -0.1) is 0 Å². The zero-order valence-electron chi connectivity index (χ0n) is 6.76. The fourth-order valence-corrected chi connectivity index (χ4v) is 1.06. The van der Waals surface area contributed by atoms with Crippen LogP contribution in [0.15, 0.2) is 18.3 Å². The van der Waals surface area contributed by atoms with Crippen molar-refractivity contribution in [2.45, 2.75) is 6.54 Å². The van der Waals surface area contributed by atoms with E-state index in [0.717, 1.165) is 18.7 Å². The van der Waals surface area contributed by atoms with Crippen LogP contribution in [0.2, 0.25) is 5.15 Å². The van der Waals surface area contributed by atoms with Crippen molar-refractivity contribution in [3.05, 3.63) is 29.0 Å². The largest absolute Gasteiger partial charge is 0.329 e. The highest BCUT2D eigenvalue weighted by Gasteiger charge is 1.97. The van der Waals surface area contributed by atoms with Gasteiger partial charge in [0.2, 0.25) is 0 Å². The van der Waals surface area contributed by atoms with Crippen molar-refractivity contribution in [2.75, 3.05) is 13.1 Å². The second-order valence-electron chi connectivity index (χ2n) is 2.42. The summed E-state index contributed by atoms with van der Waals surface area (Å²) in [5.41, 5.74) is 6.33. The monoisotopic (exact) mass is 185 g/mol. The molecule has 0 radical (unpaired) electrons. The minimum atomic E-state index is 0.557. The molecule has 0 aliphatic heterocycles. The molecule has 3 nitrogen and oxygen atoms in total. The third kappa shape index (κ3) is 2.77. The van der Waals surface area contributed by atoms with Crippen LogP contribution in [0.3, 0.4) is 0 Å². The van der Waals surface area contributed by atoms with Gasteiger partial charge in [0.1, 0.15) is 5.15 Å². The van der Waals surface area contributed by atoms with E-state index in [4.69, 9.17) is 17.3 Å². The third-order valence-electron chi connectivity index (χ3n) is 1.47. The first-order valence-electron chi connectivity index (χ1n) is 3.85. The Morgan fingerprint density at radius 2 is 2.42 bits per heavy atom. The lowest BCUT2D eigenvalue weighted by Gasteiger charge is -2.03. The van der Waals surface area contributed by atoms with Gasteiger partial charge < -0.3 is 11.1 Å². The van der Waals surface area contributed by atoms with Crippen molar-refractivity contribution >= 4 is 11.6 Å². The topological polar surface area (TPSA) is 50.9 Å². The molecule has 0 aromatic carbocycles. The Labute approximate surface area is 76.9 Å². The second kappa shape index (κ2) is 5.09. The van der Waals surface area contributed by atoms with E-state index in [2.05, 4.69) is 10.3 Å². The Morgan fingerprint density at radius 3 is 3.08 bits per heavy atom. The number of halogens is 1. The predicted octanol–water partition coefficient (Wildman–Crippen LogP) is 0.783. The minimum Gasteiger partial charge on any atom is -0.329 e. The number of hydrogen-bond donors (Lipinski definition) is 2. The summed E-state index contributed by atoms with van der Waals surface area (Å²) in [5.74, 6) is 0. The lowest BCUT2D eigenvalue weighted by atomic mass is 10.3. The molecule has 0 saturated carbocycles. The summed E-state index contributed by atoms with van der Waals surface area (Å²) in [7, 11) is 0. The number of nitrogens with two attached hydrogens (primary N) is 1. The minimum absolute atomic E-state index is 0.557. The van der Waals surface area contributed by atoms with Crippen molar-refractivity contribution in [3.8, 4) is 0 Å². The SMILES string of the molecule is NCCNCc1cccnc1Cl. The molecule has 0 spiro atoms. The smallest absolute Gasteiger partial charge is 0.133 e. The zero-order valence-corrected chi connectivity index (χ0v) is 7.51. The van der Waals surface area contributed by atoms with Crippen LogP contribution in [0.4, 0.5) is 0 Å². The summed E-state index contributed by atoms with van der Waals surface area (Å²) in [5, 5.41) is 3.70. The molecule has 0 atom stereocenters. The van der Waals surface area contributed by atoms with Gasteiger partial charge in [0.25, 0.3) is 0 Å². The molecule has 0 saturated heterocycles. The molecule has 0 fully saturated rings. The Kier molecular flexibility index (Phi) is 4.00. The molecule has 3 N–H and O–H groups in total. The van der Waals surface area contributed by atoms with Crippen LogP contribution < -0.4 is 11.1 Å². The molecule has 1 aromatic heterocycles. The molecule has 12 heavy (non-hydrogen) atoms. The summed E-state index contributed by atoms with van der Waals surface area (Å²) in [6.07, 6.45) is 1.68. The maximum Gasteiger partial charge on any atom is 0.133 e. The highest BCUT2D eigenvalue weighted by molar-refractivity contribution is 6.30. The number of nitrogens with zero attached hydrogens (tertiary/aromatic N) is 1. The molecule has 66 valence electrons. The lowest BCUT2D eigenvalue weighted by Crippen LogP contribution is -2.22. The highest BCUT2D eigenvalue weighted by Crippen LogP contribution is 2.10. The first-order chi connectivity index (χ1) is 5.84. The standard InChI is InChI=1S/C8H12ClN3/c9-8-7(2-1-4-12-8)6-11-5-3-10/h1-2,4,11H,3,5-6,10H2. The van der Waals surface area contributed by atoms with Crippen LogP contribution in [0.25, 0.3) is 0 Å². The van der Waals surface area contributed by atoms with Crippen LogP contribution in [0, 0.1) is 0 Å². The van der Waals surface area contributed by atoms with Crippen LogP contribution in [-0.2, 0) is 6.54 Å². The number of hydrogen-bond acceptors (Lipinski definition) is 3. The van der Waals surface area contributed by atoms with Gasteiger partial charge in [0.15, 0.2) is 0 Å². The fraction of sp³-hybridized carbons (Fsp3) is 0.375. The van der Waals surface area contributed by atoms with Crippen molar-refractivity contribution in [1.82, 2.24) is 10.3 Å². The summed E-state index contributed by atoms with van der Waals surface area (Å²) in [6, 6.07) is 3.81. The first kappa shape index (κ1) is 9.45. The molecular formula is C8H12ClN3. The summed E-state index contributed by atoms with van der Waals surface area (Å²) in [4.78, 5) is 3.95. The van der Waals surface area contributed by atoms with Crippen LogP contribution in [0.5, 0.6) is 0 Å². The Balaban J connectivity index is 2.46. The van der Waals surface area contributed by atoms with Crippen molar-refractivity contribution < 1.29 is 0 Å². The quantitative estimate of drug-likeness (QED) is 0.539. The van der Waals surface area contributed by atoms with E-state index in [0.29, 0.717) is 11.7 Å². The Bertz CT molecular complexity index is 239. The van der Waals surface area contributed by atoms with Crippen molar-refractivity contribution in [2.24, 2.45) is 5.73 Å². The second-order valence-corrected chi connectivity index (χ2v) is 2.78. The van der Waals surface area contributed by atoms with E-state index in [1.54, 1.807) is 6.20 Å². The van der Waals surface area contributed by atoms with Crippen LogP contribution >= 0.6 is 11.6 Å². The fourth-order valence-electron chi connectivity index (χ4n) is 0.876. The molecule has 1 rings (SSSR count). The van der Waals surface area contributed by atoms with E-state index in [9.17, 15) is 0 Å². The molecule has 0 bridgehead atoms. The van der Waals surface area contributed by atoms with Crippen LogP contribution in [0.1, 0.15) is 5.56 Å². The molecule has 1 aromatic rings. The summed E-state index contributed by atoms with van der Waals surface area (Å²) < 4.78 is 0. The third-order valence-corrected chi connectivity index (χ3v) is 1.81. The van der Waals surface area contributed by atoms with Gasteiger partial charge in [0, 0.05) is 31.4 Å². The molecule has 0 aliphatic rings. The molecule has 0 unspecified atom stereocenters. The van der Waals surface area contributed by atoms with E-state index in [1.165, 1.54) is 0 Å². The number of nitrogens with one attached hydrogen (secondary N) is 1. The first-order valence-corrected chi connectivity index (χ1v) is 4.22. The van der Waals surface area contributed by atoms with E-state index in [1.807, 2.05) is 12.1 Å². The number of rotatable bonds is 4. The van der Waals surface area contributed by atoms with Gasteiger partial charge in [-0.05, 0) is 6.07 Å². The number of aromatic nitrogens is 1. The average Bonchev–Trinajstić information content (AvgIpc) is 2.09. The maximum atomic E-state index is 5.82. The van der Waals surface area contributed by atoms with Gasteiger partial charge in [-0.3, -0.25) is 0 Å². The van der Waals surface area contributed by atoms with Gasteiger partial charge in [-0.2, -0.15) is 0 Å². The normalized spacial score (nSPS) is 10.2. The molecule has 4 heteroatoms.